The van der Waals surface area contributed by atoms with Gasteiger partial charge in [-0.25, -0.2) is 33.7 Å². The van der Waals surface area contributed by atoms with E-state index < -0.39 is 40.5 Å². The number of unbranched alkanes of at least 4 members (excludes halogenated alkanes) is 8. The Labute approximate surface area is 242 Å². The molecule has 0 amide bonds. The third-order valence-corrected chi connectivity index (χ3v) is 7.15. The molecule has 0 unspecified atom stereocenters. The van der Waals surface area contributed by atoms with Crippen LogP contribution in [0.15, 0.2) is 0 Å². The summed E-state index contributed by atoms with van der Waals surface area (Å²) in [6.07, 6.45) is 9.05. The molecule has 0 aliphatic carbocycles. The molecule has 37 heavy (non-hydrogen) atoms. The maximum absolute atomic E-state index is 9.95. The van der Waals surface area contributed by atoms with Crippen molar-refractivity contribution in [3.8, 4) is 0 Å². The van der Waals surface area contributed by atoms with Crippen LogP contribution in [-0.4, -0.2) is 98.8 Å². The SMILES string of the molecule is CCCCCS(=O)(=O)[O-].CCCCCS(=O)(=O)[O-].CCCCCS(=O)(=O)[O-].CCCCCS(=O)(=O)[O-].[Sn+4]. The van der Waals surface area contributed by atoms with Crippen molar-refractivity contribution < 1.29 is 51.9 Å². The zero-order chi connectivity index (χ0) is 29.3. The largest absolute Gasteiger partial charge is 4.00 e. The monoisotopic (exact) mass is 724 g/mol. The molecular formula is C20H44O12S4Sn. The van der Waals surface area contributed by atoms with Crippen LogP contribution in [-0.2, 0) is 40.5 Å². The van der Waals surface area contributed by atoms with Gasteiger partial charge in [-0.2, -0.15) is 0 Å². The third-order valence-electron chi connectivity index (χ3n) is 3.99. The quantitative estimate of drug-likeness (QED) is 0.127. The summed E-state index contributed by atoms with van der Waals surface area (Å²) >= 11 is 0. The molecule has 0 bridgehead atoms. The van der Waals surface area contributed by atoms with Crippen LogP contribution in [0.4, 0.5) is 0 Å². The number of hydrogen-bond acceptors (Lipinski definition) is 12. The Morgan fingerprint density at radius 1 is 0.351 bits per heavy atom. The van der Waals surface area contributed by atoms with E-state index in [4.69, 9.17) is 0 Å². The zero-order valence-corrected chi connectivity index (χ0v) is 28.5. The van der Waals surface area contributed by atoms with E-state index in [-0.39, 0.29) is 46.9 Å². The molecule has 12 nitrogen and oxygen atoms in total. The van der Waals surface area contributed by atoms with Crippen molar-refractivity contribution in [3.05, 3.63) is 0 Å². The van der Waals surface area contributed by atoms with E-state index in [1.165, 1.54) is 0 Å². The van der Waals surface area contributed by atoms with Gasteiger partial charge in [-0.15, -0.1) is 0 Å². The summed E-state index contributed by atoms with van der Waals surface area (Å²) in [6.45, 7) is 7.82. The molecule has 17 heteroatoms. The van der Waals surface area contributed by atoms with E-state index in [1.54, 1.807) is 0 Å². The Bertz CT molecular complexity index is 749. The van der Waals surface area contributed by atoms with Gasteiger partial charge in [0.25, 0.3) is 0 Å². The minimum Gasteiger partial charge on any atom is -0.748 e. The van der Waals surface area contributed by atoms with Crippen LogP contribution in [0.2, 0.25) is 0 Å². The maximum Gasteiger partial charge on any atom is 4.00 e. The fraction of sp³-hybridized carbons (Fsp3) is 1.00. The van der Waals surface area contributed by atoms with Gasteiger partial charge in [-0.05, 0) is 25.7 Å². The number of rotatable bonds is 16. The van der Waals surface area contributed by atoms with Crippen molar-refractivity contribution in [1.29, 1.82) is 0 Å². The fourth-order valence-corrected chi connectivity index (χ4v) is 4.35. The van der Waals surface area contributed by atoms with E-state index in [0.29, 0.717) is 25.7 Å². The van der Waals surface area contributed by atoms with Crippen molar-refractivity contribution in [1.82, 2.24) is 0 Å². The molecule has 0 radical (unpaired) electrons. The second kappa shape index (κ2) is 28.0. The minimum atomic E-state index is -3.95. The molecule has 0 N–H and O–H groups in total. The van der Waals surface area contributed by atoms with Gasteiger partial charge in [-0.3, -0.25) is 0 Å². The minimum absolute atomic E-state index is 0. The van der Waals surface area contributed by atoms with Crippen molar-refractivity contribution in [2.24, 2.45) is 0 Å². The van der Waals surface area contributed by atoms with E-state index in [2.05, 4.69) is 0 Å². The standard InChI is InChI=1S/4C5H12O3S.Sn/c4*1-2-3-4-5-9(6,7)8;/h4*2-5H2,1H3,(H,6,7,8);/q;;;;+4/p-4. The molecule has 0 heterocycles. The molecule has 0 atom stereocenters. The Hall–Kier alpha value is 0.439. The molecule has 0 aliphatic heterocycles. The summed E-state index contributed by atoms with van der Waals surface area (Å²) in [4.78, 5) is 0. The summed E-state index contributed by atoms with van der Waals surface area (Å²) in [7, 11) is -15.8. The average molecular weight is 724 g/mol. The van der Waals surface area contributed by atoms with E-state index >= 15 is 0 Å². The smallest absolute Gasteiger partial charge is 0.748 e. The average Bonchev–Trinajstić information content (AvgIpc) is 2.67. The topological polar surface area (TPSA) is 229 Å². The normalized spacial score (nSPS) is 11.5. The molecular weight excluding hydrogens is 679 g/mol. The van der Waals surface area contributed by atoms with E-state index in [1.807, 2.05) is 27.7 Å². The van der Waals surface area contributed by atoms with Crippen molar-refractivity contribution in [2.75, 3.05) is 23.0 Å². The molecule has 0 fully saturated rings. The van der Waals surface area contributed by atoms with Crippen LogP contribution in [0, 0.1) is 0 Å². The Kier molecular flexibility index (Phi) is 35.7. The van der Waals surface area contributed by atoms with Crippen LogP contribution < -0.4 is 0 Å². The molecule has 0 aromatic heterocycles. The van der Waals surface area contributed by atoms with Crippen LogP contribution in [0.5, 0.6) is 0 Å². The van der Waals surface area contributed by atoms with Crippen LogP contribution in [0.3, 0.4) is 0 Å². The predicted molar refractivity (Wildman–Crippen MR) is 142 cm³/mol. The molecule has 0 spiro atoms. The second-order valence-electron chi connectivity index (χ2n) is 7.88. The first-order valence-electron chi connectivity index (χ1n) is 12.0. The van der Waals surface area contributed by atoms with Crippen molar-refractivity contribution in [2.45, 2.75) is 105 Å². The predicted octanol–water partition coefficient (Wildman–Crippen LogP) is 2.51. The van der Waals surface area contributed by atoms with Crippen molar-refractivity contribution >= 4 is 64.4 Å². The zero-order valence-electron chi connectivity index (χ0n) is 22.3. The van der Waals surface area contributed by atoms with Gasteiger partial charge in [0.1, 0.15) is 0 Å². The first kappa shape index (κ1) is 47.2. The van der Waals surface area contributed by atoms with Crippen LogP contribution in [0.1, 0.15) is 105 Å². The van der Waals surface area contributed by atoms with Gasteiger partial charge >= 0.3 is 23.9 Å². The summed E-state index contributed by atoms with van der Waals surface area (Å²) in [5, 5.41) is 0. The first-order valence-corrected chi connectivity index (χ1v) is 18.3. The Morgan fingerprint density at radius 2 is 0.486 bits per heavy atom. The molecule has 0 rings (SSSR count). The van der Waals surface area contributed by atoms with Gasteiger partial charge in [0.2, 0.25) is 0 Å². The van der Waals surface area contributed by atoms with Gasteiger partial charge in [0.15, 0.2) is 0 Å². The second-order valence-corrected chi connectivity index (χ2v) is 14.0. The van der Waals surface area contributed by atoms with Gasteiger partial charge in [0, 0.05) is 23.0 Å². The maximum atomic E-state index is 9.95. The molecule has 0 aromatic carbocycles. The van der Waals surface area contributed by atoms with Gasteiger partial charge in [0.05, 0.1) is 40.5 Å². The third kappa shape index (κ3) is 72.4. The summed E-state index contributed by atoms with van der Waals surface area (Å²) in [5.41, 5.74) is 0. The Balaban J connectivity index is -0.000000122. The summed E-state index contributed by atoms with van der Waals surface area (Å²) in [6, 6.07) is 0. The van der Waals surface area contributed by atoms with Crippen molar-refractivity contribution in [3.63, 3.8) is 0 Å². The molecule has 0 aliphatic rings. The van der Waals surface area contributed by atoms with Gasteiger partial charge < -0.3 is 18.2 Å². The molecule has 0 saturated heterocycles. The summed E-state index contributed by atoms with van der Waals surface area (Å²) in [5.74, 6) is -0.830. The van der Waals surface area contributed by atoms with Gasteiger partial charge in [-0.1, -0.05) is 79.1 Å². The van der Waals surface area contributed by atoms with Crippen LogP contribution >= 0.6 is 0 Å². The molecule has 0 saturated carbocycles. The Morgan fingerprint density at radius 3 is 0.568 bits per heavy atom. The molecule has 224 valence electrons. The number of hydrogen-bond donors (Lipinski definition) is 0. The van der Waals surface area contributed by atoms with Crippen LogP contribution in [0.25, 0.3) is 0 Å². The van der Waals surface area contributed by atoms with E-state index in [9.17, 15) is 51.9 Å². The van der Waals surface area contributed by atoms with E-state index in [0.717, 1.165) is 51.4 Å². The first-order chi connectivity index (χ1) is 16.2. The summed E-state index contributed by atoms with van der Waals surface area (Å²) < 4.78 is 119. The molecule has 0 aromatic rings. The fourth-order valence-electron chi connectivity index (χ4n) is 2.12.